The number of carbonyl (C=O) groups is 1. The number of anilines is 1. The molecule has 1 fully saturated rings. The van der Waals surface area contributed by atoms with Crippen LogP contribution in [-0.2, 0) is 18.3 Å². The summed E-state index contributed by atoms with van der Waals surface area (Å²) in [4.78, 5) is 27.0. The van der Waals surface area contributed by atoms with E-state index >= 15 is 0 Å². The van der Waals surface area contributed by atoms with Gasteiger partial charge in [-0.3, -0.25) is 18.6 Å². The van der Waals surface area contributed by atoms with Gasteiger partial charge in [0.15, 0.2) is 5.82 Å². The number of ether oxygens (including phenoxy) is 1. The molecule has 31 heavy (non-hydrogen) atoms. The molecule has 9 heteroatoms. The minimum atomic E-state index is -0.101. The Hall–Kier alpha value is -3.72. The van der Waals surface area contributed by atoms with E-state index in [-0.39, 0.29) is 11.5 Å². The molecule has 0 radical (unpaired) electrons. The first-order chi connectivity index (χ1) is 15.1. The fourth-order valence-corrected chi connectivity index (χ4v) is 3.87. The first-order valence-corrected chi connectivity index (χ1v) is 10.2. The van der Waals surface area contributed by atoms with Crippen LogP contribution in [0.2, 0.25) is 0 Å². The predicted octanol–water partition coefficient (Wildman–Crippen LogP) is 1.67. The van der Waals surface area contributed by atoms with Gasteiger partial charge in [-0.15, -0.1) is 10.2 Å². The normalized spacial score (nSPS) is 14.3. The van der Waals surface area contributed by atoms with E-state index < -0.39 is 0 Å². The molecule has 0 unspecified atom stereocenters. The van der Waals surface area contributed by atoms with Crippen molar-refractivity contribution in [3.05, 3.63) is 70.3 Å². The van der Waals surface area contributed by atoms with Gasteiger partial charge in [0.05, 0.1) is 30.7 Å². The molecular formula is C22H22N6O3. The van der Waals surface area contributed by atoms with Crippen LogP contribution in [0.3, 0.4) is 0 Å². The van der Waals surface area contributed by atoms with Gasteiger partial charge in [0.25, 0.3) is 11.5 Å². The van der Waals surface area contributed by atoms with E-state index in [1.54, 1.807) is 13.1 Å². The largest absolute Gasteiger partial charge is 0.378 e. The lowest BCUT2D eigenvalue weighted by atomic mass is 10.1. The second-order valence-electron chi connectivity index (χ2n) is 7.47. The van der Waals surface area contributed by atoms with Crippen molar-refractivity contribution in [1.29, 1.82) is 0 Å². The second-order valence-corrected chi connectivity index (χ2v) is 7.47. The number of hydrogen-bond donors (Lipinski definition) is 1. The minimum absolute atomic E-state index is 0.0192. The molecule has 5 rings (SSSR count). The van der Waals surface area contributed by atoms with Crippen molar-refractivity contribution in [2.45, 2.75) is 6.54 Å². The topological polar surface area (TPSA) is 93.8 Å². The van der Waals surface area contributed by atoms with Gasteiger partial charge >= 0.3 is 0 Å². The summed E-state index contributed by atoms with van der Waals surface area (Å²) in [5.74, 6) is 1.20. The number of fused-ring (bicyclic) bond motifs is 3. The van der Waals surface area contributed by atoms with E-state index in [1.165, 1.54) is 4.57 Å². The summed E-state index contributed by atoms with van der Waals surface area (Å²) >= 11 is 0. The number of rotatable bonds is 4. The number of hydrogen-bond acceptors (Lipinski definition) is 6. The number of benzene rings is 2. The lowest BCUT2D eigenvalue weighted by Gasteiger charge is -2.26. The maximum absolute atomic E-state index is 12.6. The average molecular weight is 418 g/mol. The van der Waals surface area contributed by atoms with Crippen LogP contribution in [0.5, 0.6) is 0 Å². The standard InChI is InChI=1S/C22H22N6O3/c1-26-21(30)17-4-2-3-5-18(17)28-19(24-25-22(26)28)14-23-16-8-6-15(7-9-16)20(29)27-10-12-31-13-11-27/h2-9,23H,10-14H2,1H3. The van der Waals surface area contributed by atoms with Crippen LogP contribution in [0.15, 0.2) is 53.3 Å². The zero-order valence-corrected chi connectivity index (χ0v) is 17.1. The summed E-state index contributed by atoms with van der Waals surface area (Å²) in [6.07, 6.45) is 0. The number of morpholine rings is 1. The molecule has 9 nitrogen and oxygen atoms in total. The van der Waals surface area contributed by atoms with Crippen molar-refractivity contribution in [2.75, 3.05) is 31.6 Å². The van der Waals surface area contributed by atoms with Crippen LogP contribution >= 0.6 is 0 Å². The van der Waals surface area contributed by atoms with Gasteiger partial charge in [0, 0.05) is 31.4 Å². The number of aryl methyl sites for hydroxylation is 1. The third kappa shape index (κ3) is 3.42. The fourth-order valence-electron chi connectivity index (χ4n) is 3.87. The van der Waals surface area contributed by atoms with Gasteiger partial charge in [-0.1, -0.05) is 12.1 Å². The number of nitrogens with one attached hydrogen (secondary N) is 1. The van der Waals surface area contributed by atoms with Crippen molar-refractivity contribution in [2.24, 2.45) is 7.05 Å². The van der Waals surface area contributed by atoms with Crippen molar-refractivity contribution in [3.8, 4) is 0 Å². The van der Waals surface area contributed by atoms with E-state index in [0.717, 1.165) is 11.2 Å². The molecule has 0 saturated carbocycles. The van der Waals surface area contributed by atoms with E-state index in [2.05, 4.69) is 15.5 Å². The molecule has 1 N–H and O–H groups in total. The van der Waals surface area contributed by atoms with E-state index in [1.807, 2.05) is 51.8 Å². The molecule has 1 aliphatic rings. The Bertz CT molecular complexity index is 1320. The Balaban J connectivity index is 1.38. The molecule has 4 aromatic rings. The maximum atomic E-state index is 12.6. The fraction of sp³-hybridized carbons (Fsp3) is 0.273. The van der Waals surface area contributed by atoms with Gasteiger partial charge in [0.2, 0.25) is 5.78 Å². The zero-order chi connectivity index (χ0) is 21.4. The van der Waals surface area contributed by atoms with E-state index in [0.29, 0.717) is 55.4 Å². The first kappa shape index (κ1) is 19.3. The molecule has 0 aliphatic carbocycles. The number of aromatic nitrogens is 4. The Morgan fingerprint density at radius 2 is 1.81 bits per heavy atom. The van der Waals surface area contributed by atoms with Gasteiger partial charge in [-0.2, -0.15) is 0 Å². The summed E-state index contributed by atoms with van der Waals surface area (Å²) in [5.41, 5.74) is 2.19. The average Bonchev–Trinajstić information content (AvgIpc) is 3.26. The Morgan fingerprint density at radius 1 is 1.06 bits per heavy atom. The van der Waals surface area contributed by atoms with Gasteiger partial charge in [0.1, 0.15) is 0 Å². The predicted molar refractivity (Wildman–Crippen MR) is 116 cm³/mol. The monoisotopic (exact) mass is 418 g/mol. The van der Waals surface area contributed by atoms with Crippen LogP contribution in [-0.4, -0.2) is 56.3 Å². The van der Waals surface area contributed by atoms with Crippen molar-refractivity contribution >= 4 is 28.3 Å². The third-order valence-electron chi connectivity index (χ3n) is 5.57. The molecule has 0 atom stereocenters. The molecule has 2 aromatic carbocycles. The summed E-state index contributed by atoms with van der Waals surface area (Å²) in [5, 5.41) is 12.4. The highest BCUT2D eigenvalue weighted by Gasteiger charge is 2.18. The van der Waals surface area contributed by atoms with Crippen LogP contribution in [0.25, 0.3) is 16.7 Å². The van der Waals surface area contributed by atoms with E-state index in [9.17, 15) is 9.59 Å². The number of nitrogens with zero attached hydrogens (tertiary/aromatic N) is 5. The summed E-state index contributed by atoms with van der Waals surface area (Å²) in [6.45, 7) is 2.82. The Labute approximate surface area is 177 Å². The van der Waals surface area contributed by atoms with Crippen molar-refractivity contribution in [3.63, 3.8) is 0 Å². The van der Waals surface area contributed by atoms with Gasteiger partial charge < -0.3 is 15.0 Å². The van der Waals surface area contributed by atoms with Gasteiger partial charge in [-0.05, 0) is 36.4 Å². The van der Waals surface area contributed by atoms with Gasteiger partial charge in [-0.25, -0.2) is 0 Å². The quantitative estimate of drug-likeness (QED) is 0.542. The first-order valence-electron chi connectivity index (χ1n) is 10.2. The summed E-state index contributed by atoms with van der Waals surface area (Å²) in [7, 11) is 1.69. The highest BCUT2D eigenvalue weighted by atomic mass is 16.5. The minimum Gasteiger partial charge on any atom is -0.378 e. The highest BCUT2D eigenvalue weighted by Crippen LogP contribution is 2.16. The van der Waals surface area contributed by atoms with Crippen molar-refractivity contribution < 1.29 is 9.53 Å². The lowest BCUT2D eigenvalue weighted by molar-refractivity contribution is 0.0303. The molecule has 0 spiro atoms. The van der Waals surface area contributed by atoms with Crippen LogP contribution in [0, 0.1) is 0 Å². The Kier molecular flexibility index (Phi) is 4.87. The second kappa shape index (κ2) is 7.84. The molecular weight excluding hydrogens is 396 g/mol. The molecule has 1 saturated heterocycles. The van der Waals surface area contributed by atoms with Crippen LogP contribution < -0.4 is 10.9 Å². The Morgan fingerprint density at radius 3 is 2.58 bits per heavy atom. The molecule has 1 amide bonds. The molecule has 3 heterocycles. The lowest BCUT2D eigenvalue weighted by Crippen LogP contribution is -2.40. The SMILES string of the molecule is Cn1c(=O)c2ccccc2n2c(CNc3ccc(C(=O)N4CCOCC4)cc3)nnc12. The molecule has 2 aromatic heterocycles. The molecule has 158 valence electrons. The highest BCUT2D eigenvalue weighted by molar-refractivity contribution is 5.94. The zero-order valence-electron chi connectivity index (χ0n) is 17.1. The summed E-state index contributed by atoms with van der Waals surface area (Å²) in [6, 6.07) is 14.8. The molecule has 1 aliphatic heterocycles. The number of para-hydroxylation sites is 1. The molecule has 0 bridgehead atoms. The van der Waals surface area contributed by atoms with Crippen molar-refractivity contribution in [1.82, 2.24) is 24.1 Å². The third-order valence-corrected chi connectivity index (χ3v) is 5.57. The van der Waals surface area contributed by atoms with E-state index in [4.69, 9.17) is 4.74 Å². The van der Waals surface area contributed by atoms with Crippen LogP contribution in [0.1, 0.15) is 16.2 Å². The number of carbonyl (C=O) groups excluding carboxylic acids is 1. The smallest absolute Gasteiger partial charge is 0.262 e. The van der Waals surface area contributed by atoms with Crippen LogP contribution in [0.4, 0.5) is 5.69 Å². The summed E-state index contributed by atoms with van der Waals surface area (Å²) < 4.78 is 8.70. The maximum Gasteiger partial charge on any atom is 0.262 e. The number of amides is 1.